The highest BCUT2D eigenvalue weighted by atomic mass is 32.1. The Morgan fingerprint density at radius 1 is 1.00 bits per heavy atom. The van der Waals surface area contributed by atoms with Gasteiger partial charge in [-0.2, -0.15) is 26.3 Å². The molecule has 0 fully saturated rings. The number of alkyl halides is 6. The molecule has 0 spiro atoms. The molecule has 0 heterocycles. The van der Waals surface area contributed by atoms with Gasteiger partial charge in [0.25, 0.3) is 0 Å². The summed E-state index contributed by atoms with van der Waals surface area (Å²) in [5.41, 5.74) is -3.17. The Labute approximate surface area is 134 Å². The molecule has 0 saturated heterocycles. The van der Waals surface area contributed by atoms with Crippen molar-refractivity contribution < 1.29 is 26.3 Å². The Morgan fingerprint density at radius 2 is 1.48 bits per heavy atom. The second-order valence-corrected chi connectivity index (χ2v) is 5.39. The van der Waals surface area contributed by atoms with E-state index in [1.54, 1.807) is 14.1 Å². The molecule has 23 heavy (non-hydrogen) atoms. The Hall–Kier alpha value is -1.55. The molecule has 1 rings (SSSR count). The molecule has 1 aromatic carbocycles. The Balaban J connectivity index is 2.95. The molecule has 2 N–H and O–H groups in total. The van der Waals surface area contributed by atoms with Crippen LogP contribution in [-0.4, -0.2) is 37.2 Å². The highest BCUT2D eigenvalue weighted by Gasteiger charge is 2.36. The van der Waals surface area contributed by atoms with Crippen molar-refractivity contribution >= 4 is 23.0 Å². The number of halogens is 6. The third kappa shape index (κ3) is 6.61. The van der Waals surface area contributed by atoms with Gasteiger partial charge >= 0.3 is 12.4 Å². The van der Waals surface area contributed by atoms with Crippen LogP contribution in [0.4, 0.5) is 32.0 Å². The van der Waals surface area contributed by atoms with Crippen LogP contribution in [0.15, 0.2) is 18.2 Å². The van der Waals surface area contributed by atoms with Gasteiger partial charge in [0.05, 0.1) is 11.1 Å². The molecule has 0 aliphatic rings. The average Bonchev–Trinajstić information content (AvgIpc) is 2.35. The van der Waals surface area contributed by atoms with Crippen LogP contribution >= 0.6 is 12.2 Å². The van der Waals surface area contributed by atoms with Gasteiger partial charge in [-0.25, -0.2) is 0 Å². The van der Waals surface area contributed by atoms with Crippen molar-refractivity contribution in [2.75, 3.05) is 32.5 Å². The van der Waals surface area contributed by atoms with Gasteiger partial charge in [-0.15, -0.1) is 0 Å². The van der Waals surface area contributed by atoms with E-state index < -0.39 is 23.5 Å². The van der Waals surface area contributed by atoms with E-state index in [-0.39, 0.29) is 16.9 Å². The number of anilines is 1. The standard InChI is InChI=1S/C13H15F6N3S/c1-22(2)4-3-20-11(23)21-10-6-8(12(14,15)16)5-9(7-10)13(17,18)19/h5-7H,3-4H2,1-2H3,(H2,20,21,23). The molecule has 10 heteroatoms. The normalized spacial score (nSPS) is 12.4. The molecular weight excluding hydrogens is 344 g/mol. The lowest BCUT2D eigenvalue weighted by molar-refractivity contribution is -0.143. The van der Waals surface area contributed by atoms with Crippen molar-refractivity contribution in [3.63, 3.8) is 0 Å². The second-order valence-electron chi connectivity index (χ2n) is 4.98. The average molecular weight is 359 g/mol. The number of thiocarbonyl (C=S) groups is 1. The van der Waals surface area contributed by atoms with Crippen molar-refractivity contribution in [3.8, 4) is 0 Å². The van der Waals surface area contributed by atoms with Crippen molar-refractivity contribution in [2.45, 2.75) is 12.4 Å². The summed E-state index contributed by atoms with van der Waals surface area (Å²) in [6, 6.07) is 1.22. The maximum Gasteiger partial charge on any atom is 0.416 e. The van der Waals surface area contributed by atoms with Crippen LogP contribution in [0.3, 0.4) is 0 Å². The van der Waals surface area contributed by atoms with E-state index in [9.17, 15) is 26.3 Å². The van der Waals surface area contributed by atoms with Gasteiger partial charge in [0.1, 0.15) is 0 Å². The minimum atomic E-state index is -4.89. The minimum absolute atomic E-state index is 0.0562. The number of likely N-dealkylation sites (N-methyl/N-ethyl adjacent to an activating group) is 1. The van der Waals surface area contributed by atoms with E-state index in [0.29, 0.717) is 25.2 Å². The summed E-state index contributed by atoms with van der Waals surface area (Å²) in [6.07, 6.45) is -9.78. The van der Waals surface area contributed by atoms with Crippen LogP contribution in [-0.2, 0) is 12.4 Å². The predicted molar refractivity (Wildman–Crippen MR) is 79.2 cm³/mol. The lowest BCUT2D eigenvalue weighted by Crippen LogP contribution is -2.34. The van der Waals surface area contributed by atoms with E-state index in [2.05, 4.69) is 10.6 Å². The van der Waals surface area contributed by atoms with Gasteiger partial charge in [-0.3, -0.25) is 0 Å². The molecule has 0 unspecified atom stereocenters. The maximum absolute atomic E-state index is 12.7. The summed E-state index contributed by atoms with van der Waals surface area (Å²) in [5, 5.41) is 4.98. The summed E-state index contributed by atoms with van der Waals surface area (Å²) in [6.45, 7) is 0.988. The quantitative estimate of drug-likeness (QED) is 0.635. The molecular formula is C13H15F6N3S. The number of nitrogens with one attached hydrogen (secondary N) is 2. The SMILES string of the molecule is CN(C)CCNC(=S)Nc1cc(C(F)(F)F)cc(C(F)(F)F)c1. The summed E-state index contributed by atoms with van der Waals surface area (Å²) in [7, 11) is 3.61. The van der Waals surface area contributed by atoms with Crippen LogP contribution in [0.1, 0.15) is 11.1 Å². The molecule has 0 bridgehead atoms. The smallest absolute Gasteiger partial charge is 0.361 e. The second kappa shape index (κ2) is 7.35. The zero-order valence-electron chi connectivity index (χ0n) is 12.3. The first-order chi connectivity index (χ1) is 10.4. The predicted octanol–water partition coefficient (Wildman–Crippen LogP) is 3.57. The van der Waals surface area contributed by atoms with Crippen LogP contribution in [0.25, 0.3) is 0 Å². The van der Waals surface area contributed by atoms with Gasteiger partial charge < -0.3 is 15.5 Å². The molecule has 3 nitrogen and oxygen atoms in total. The third-order valence-corrected chi connectivity index (χ3v) is 2.94. The zero-order valence-corrected chi connectivity index (χ0v) is 13.1. The van der Waals surface area contributed by atoms with E-state index in [0.717, 1.165) is 0 Å². The van der Waals surface area contributed by atoms with E-state index >= 15 is 0 Å². The summed E-state index contributed by atoms with van der Waals surface area (Å²) in [4.78, 5) is 1.83. The van der Waals surface area contributed by atoms with Crippen LogP contribution < -0.4 is 10.6 Å². The molecule has 0 aliphatic carbocycles. The molecule has 130 valence electrons. The highest BCUT2D eigenvalue weighted by molar-refractivity contribution is 7.80. The molecule has 0 aliphatic heterocycles. The van der Waals surface area contributed by atoms with Gasteiger partial charge in [0, 0.05) is 18.8 Å². The van der Waals surface area contributed by atoms with Crippen LogP contribution in [0, 0.1) is 0 Å². The Bertz CT molecular complexity index is 521. The number of nitrogens with zero attached hydrogens (tertiary/aromatic N) is 1. The third-order valence-electron chi connectivity index (χ3n) is 2.69. The van der Waals surface area contributed by atoms with E-state index in [4.69, 9.17) is 12.2 Å². The van der Waals surface area contributed by atoms with Crippen molar-refractivity contribution in [1.82, 2.24) is 10.2 Å². The van der Waals surface area contributed by atoms with E-state index in [1.807, 2.05) is 4.90 Å². The minimum Gasteiger partial charge on any atom is -0.361 e. The van der Waals surface area contributed by atoms with Crippen LogP contribution in [0.2, 0.25) is 0 Å². The van der Waals surface area contributed by atoms with Gasteiger partial charge in [0.15, 0.2) is 5.11 Å². The summed E-state index contributed by atoms with van der Waals surface area (Å²) in [5.74, 6) is 0. The lowest BCUT2D eigenvalue weighted by Gasteiger charge is -2.17. The molecule has 0 aromatic heterocycles. The molecule has 1 aromatic rings. The highest BCUT2D eigenvalue weighted by Crippen LogP contribution is 2.37. The van der Waals surface area contributed by atoms with Gasteiger partial charge in [0.2, 0.25) is 0 Å². The Morgan fingerprint density at radius 3 is 1.87 bits per heavy atom. The number of hydrogen-bond donors (Lipinski definition) is 2. The fraction of sp³-hybridized carbons (Fsp3) is 0.462. The van der Waals surface area contributed by atoms with Crippen LogP contribution in [0.5, 0.6) is 0 Å². The van der Waals surface area contributed by atoms with Crippen molar-refractivity contribution in [2.24, 2.45) is 0 Å². The zero-order chi connectivity index (χ0) is 17.8. The fourth-order valence-electron chi connectivity index (χ4n) is 1.60. The molecule has 0 amide bonds. The first-order valence-electron chi connectivity index (χ1n) is 6.38. The first kappa shape index (κ1) is 19.5. The summed E-state index contributed by atoms with van der Waals surface area (Å²) >= 11 is 4.86. The van der Waals surface area contributed by atoms with Gasteiger partial charge in [-0.05, 0) is 44.5 Å². The van der Waals surface area contributed by atoms with Crippen molar-refractivity contribution in [1.29, 1.82) is 0 Å². The monoisotopic (exact) mass is 359 g/mol. The number of rotatable bonds is 4. The lowest BCUT2D eigenvalue weighted by atomic mass is 10.1. The number of benzene rings is 1. The maximum atomic E-state index is 12.7. The molecule has 0 saturated carbocycles. The summed E-state index contributed by atoms with van der Waals surface area (Å²) < 4.78 is 76.3. The molecule has 0 radical (unpaired) electrons. The first-order valence-corrected chi connectivity index (χ1v) is 6.79. The van der Waals surface area contributed by atoms with E-state index in [1.165, 1.54) is 0 Å². The largest absolute Gasteiger partial charge is 0.416 e. The molecule has 0 atom stereocenters. The van der Waals surface area contributed by atoms with Crippen molar-refractivity contribution in [3.05, 3.63) is 29.3 Å². The topological polar surface area (TPSA) is 27.3 Å². The fourth-order valence-corrected chi connectivity index (χ4v) is 1.82. The number of hydrogen-bond acceptors (Lipinski definition) is 2. The van der Waals surface area contributed by atoms with Gasteiger partial charge in [-0.1, -0.05) is 0 Å². The Kier molecular flexibility index (Phi) is 6.23.